The number of carbonyl (C=O) groups excluding carboxylic acids is 2. The molecular weight excluding hydrogens is 322 g/mol. The van der Waals surface area contributed by atoms with E-state index in [2.05, 4.69) is 15.8 Å². The van der Waals surface area contributed by atoms with Gasteiger partial charge < -0.3 is 0 Å². The molecular formula is C15H14ClN3O2S. The van der Waals surface area contributed by atoms with Crippen LogP contribution in [-0.2, 0) is 16.0 Å². The van der Waals surface area contributed by atoms with Gasteiger partial charge in [0, 0.05) is 16.5 Å². The molecule has 0 saturated heterocycles. The summed E-state index contributed by atoms with van der Waals surface area (Å²) >= 11 is 7.27. The van der Waals surface area contributed by atoms with Crippen molar-refractivity contribution in [1.82, 2.24) is 15.8 Å². The number of nitrogens with zero attached hydrogens (tertiary/aromatic N) is 1. The van der Waals surface area contributed by atoms with E-state index in [1.807, 2.05) is 12.3 Å². The molecule has 0 bridgehead atoms. The molecule has 0 unspecified atom stereocenters. The van der Waals surface area contributed by atoms with Crippen LogP contribution in [0.3, 0.4) is 0 Å². The Balaban J connectivity index is 1.77. The molecule has 114 valence electrons. The van der Waals surface area contributed by atoms with Crippen LogP contribution < -0.4 is 10.9 Å². The Morgan fingerprint density at radius 2 is 2.00 bits per heavy atom. The third-order valence-electron chi connectivity index (χ3n) is 2.65. The van der Waals surface area contributed by atoms with Crippen LogP contribution >= 0.6 is 22.9 Å². The Morgan fingerprint density at radius 3 is 2.64 bits per heavy atom. The number of amides is 2. The molecule has 0 aliphatic heterocycles. The van der Waals surface area contributed by atoms with Gasteiger partial charge in [0.15, 0.2) is 0 Å². The molecule has 5 nitrogen and oxygen atoms in total. The maximum Gasteiger partial charge on any atom is 0.262 e. The SMILES string of the molecule is Cc1nc(/C=C/C(=O)NNC(=O)Cc2ccc(Cl)cc2)cs1. The summed E-state index contributed by atoms with van der Waals surface area (Å²) in [6, 6.07) is 6.94. The van der Waals surface area contributed by atoms with Gasteiger partial charge in [0.05, 0.1) is 17.1 Å². The molecule has 7 heteroatoms. The molecule has 0 aliphatic carbocycles. The van der Waals surface area contributed by atoms with Crippen LogP contribution in [0.25, 0.3) is 6.08 Å². The Bertz CT molecular complexity index is 695. The van der Waals surface area contributed by atoms with Gasteiger partial charge in [-0.25, -0.2) is 4.98 Å². The Labute approximate surface area is 137 Å². The monoisotopic (exact) mass is 335 g/mol. The number of hydrogen-bond acceptors (Lipinski definition) is 4. The van der Waals surface area contributed by atoms with Gasteiger partial charge in [0.25, 0.3) is 5.91 Å². The minimum Gasteiger partial charge on any atom is -0.273 e. The van der Waals surface area contributed by atoms with E-state index < -0.39 is 5.91 Å². The van der Waals surface area contributed by atoms with Crippen molar-refractivity contribution in [2.45, 2.75) is 13.3 Å². The summed E-state index contributed by atoms with van der Waals surface area (Å²) in [6.45, 7) is 1.89. The van der Waals surface area contributed by atoms with Crippen molar-refractivity contribution in [3.8, 4) is 0 Å². The number of aromatic nitrogens is 1. The van der Waals surface area contributed by atoms with Gasteiger partial charge in [0.1, 0.15) is 0 Å². The number of aryl methyl sites for hydroxylation is 1. The lowest BCUT2D eigenvalue weighted by Crippen LogP contribution is -2.41. The summed E-state index contributed by atoms with van der Waals surface area (Å²) in [5, 5.41) is 3.38. The summed E-state index contributed by atoms with van der Waals surface area (Å²) < 4.78 is 0. The quantitative estimate of drug-likeness (QED) is 0.666. The highest BCUT2D eigenvalue weighted by Gasteiger charge is 2.04. The zero-order chi connectivity index (χ0) is 15.9. The lowest BCUT2D eigenvalue weighted by molar-refractivity contribution is -0.126. The number of benzene rings is 1. The zero-order valence-corrected chi connectivity index (χ0v) is 13.4. The number of carbonyl (C=O) groups is 2. The van der Waals surface area contributed by atoms with E-state index >= 15 is 0 Å². The van der Waals surface area contributed by atoms with E-state index in [1.54, 1.807) is 30.3 Å². The smallest absolute Gasteiger partial charge is 0.262 e. The number of halogens is 1. The summed E-state index contributed by atoms with van der Waals surface area (Å²) in [4.78, 5) is 27.5. The van der Waals surface area contributed by atoms with Crippen LogP contribution in [0.5, 0.6) is 0 Å². The Morgan fingerprint density at radius 1 is 1.27 bits per heavy atom. The highest BCUT2D eigenvalue weighted by Crippen LogP contribution is 2.10. The molecule has 22 heavy (non-hydrogen) atoms. The molecule has 0 spiro atoms. The fourth-order valence-electron chi connectivity index (χ4n) is 1.62. The number of hydrazine groups is 1. The first-order valence-corrected chi connectivity index (χ1v) is 7.72. The summed E-state index contributed by atoms with van der Waals surface area (Å²) in [6.07, 6.45) is 3.06. The standard InChI is InChI=1S/C15H14ClN3O2S/c1-10-17-13(9-22-10)6-7-14(20)18-19-15(21)8-11-2-4-12(16)5-3-11/h2-7,9H,8H2,1H3,(H,18,20)(H,19,21)/b7-6+. The molecule has 2 aromatic rings. The van der Waals surface area contributed by atoms with E-state index in [9.17, 15) is 9.59 Å². The molecule has 0 aliphatic rings. The minimum absolute atomic E-state index is 0.159. The fraction of sp³-hybridized carbons (Fsp3) is 0.133. The van der Waals surface area contributed by atoms with Gasteiger partial charge in [-0.2, -0.15) is 0 Å². The first-order valence-electron chi connectivity index (χ1n) is 6.46. The third-order valence-corrected chi connectivity index (χ3v) is 3.69. The van der Waals surface area contributed by atoms with Crippen molar-refractivity contribution in [2.24, 2.45) is 0 Å². The zero-order valence-electron chi connectivity index (χ0n) is 11.8. The second kappa shape index (κ2) is 7.72. The molecule has 0 saturated carbocycles. The maximum absolute atomic E-state index is 11.7. The highest BCUT2D eigenvalue weighted by atomic mass is 35.5. The molecule has 1 aromatic heterocycles. The van der Waals surface area contributed by atoms with Gasteiger partial charge in [-0.15, -0.1) is 11.3 Å². The van der Waals surface area contributed by atoms with Gasteiger partial charge in [-0.05, 0) is 30.7 Å². The fourth-order valence-corrected chi connectivity index (χ4v) is 2.33. The second-order valence-corrected chi connectivity index (χ2v) is 5.96. The molecule has 1 aromatic carbocycles. The Hall–Kier alpha value is -2.18. The van der Waals surface area contributed by atoms with Gasteiger partial charge >= 0.3 is 0 Å². The topological polar surface area (TPSA) is 71.1 Å². The number of rotatable bonds is 4. The van der Waals surface area contributed by atoms with Gasteiger partial charge in [-0.1, -0.05) is 23.7 Å². The second-order valence-electron chi connectivity index (χ2n) is 4.47. The summed E-state index contributed by atoms with van der Waals surface area (Å²) in [5.74, 6) is -0.733. The van der Waals surface area contributed by atoms with Crippen molar-refractivity contribution in [2.75, 3.05) is 0 Å². The third kappa shape index (κ3) is 5.31. The first-order chi connectivity index (χ1) is 10.5. The van der Waals surface area contributed by atoms with Crippen molar-refractivity contribution < 1.29 is 9.59 Å². The van der Waals surface area contributed by atoms with E-state index in [0.717, 1.165) is 10.6 Å². The first kappa shape index (κ1) is 16.2. The number of nitrogens with one attached hydrogen (secondary N) is 2. The minimum atomic E-state index is -0.421. The van der Waals surface area contributed by atoms with Crippen LogP contribution in [0, 0.1) is 6.92 Å². The number of hydrogen-bond donors (Lipinski definition) is 2. The number of thiazole rings is 1. The van der Waals surface area contributed by atoms with E-state index in [4.69, 9.17) is 11.6 Å². The average Bonchev–Trinajstić information content (AvgIpc) is 2.91. The van der Waals surface area contributed by atoms with E-state index in [1.165, 1.54) is 17.4 Å². The summed E-state index contributed by atoms with van der Waals surface area (Å²) in [7, 11) is 0. The normalized spacial score (nSPS) is 10.6. The maximum atomic E-state index is 11.7. The predicted molar refractivity (Wildman–Crippen MR) is 87.3 cm³/mol. The molecule has 2 amide bonds. The van der Waals surface area contributed by atoms with Crippen molar-refractivity contribution in [3.63, 3.8) is 0 Å². The van der Waals surface area contributed by atoms with Crippen LogP contribution in [0.4, 0.5) is 0 Å². The average molecular weight is 336 g/mol. The lowest BCUT2D eigenvalue weighted by Gasteiger charge is -2.05. The molecule has 2 rings (SSSR count). The summed E-state index contributed by atoms with van der Waals surface area (Å²) in [5.41, 5.74) is 6.18. The predicted octanol–water partition coefficient (Wildman–Crippen LogP) is 2.51. The van der Waals surface area contributed by atoms with Crippen LogP contribution in [-0.4, -0.2) is 16.8 Å². The van der Waals surface area contributed by atoms with Crippen LogP contribution in [0.2, 0.25) is 5.02 Å². The molecule has 0 atom stereocenters. The van der Waals surface area contributed by atoms with Crippen molar-refractivity contribution >= 4 is 40.8 Å². The highest BCUT2D eigenvalue weighted by molar-refractivity contribution is 7.09. The molecule has 1 heterocycles. The lowest BCUT2D eigenvalue weighted by atomic mass is 10.1. The molecule has 0 radical (unpaired) electrons. The Kier molecular flexibility index (Phi) is 5.68. The van der Waals surface area contributed by atoms with Crippen molar-refractivity contribution in [1.29, 1.82) is 0 Å². The van der Waals surface area contributed by atoms with Gasteiger partial charge in [-0.3, -0.25) is 20.4 Å². The van der Waals surface area contributed by atoms with Gasteiger partial charge in [0.2, 0.25) is 5.91 Å². The largest absolute Gasteiger partial charge is 0.273 e. The van der Waals surface area contributed by atoms with Crippen LogP contribution in [0.15, 0.2) is 35.7 Å². The van der Waals surface area contributed by atoms with E-state index in [-0.39, 0.29) is 12.3 Å². The van der Waals surface area contributed by atoms with E-state index in [0.29, 0.717) is 10.7 Å². The van der Waals surface area contributed by atoms with Crippen molar-refractivity contribution in [3.05, 3.63) is 57.0 Å². The molecule has 0 fully saturated rings. The van der Waals surface area contributed by atoms with Crippen LogP contribution in [0.1, 0.15) is 16.3 Å². The molecule has 2 N–H and O–H groups in total.